The number of carbonyl (C=O) groups is 1. The maximum Gasteiger partial charge on any atom is 0.271 e. The highest BCUT2D eigenvalue weighted by atomic mass is 32.1. The molecule has 1 fully saturated rings. The molecule has 1 saturated carbocycles. The lowest BCUT2D eigenvalue weighted by Crippen LogP contribution is -2.41. The molecule has 0 saturated heterocycles. The molecule has 27 heavy (non-hydrogen) atoms. The van der Waals surface area contributed by atoms with Crippen molar-refractivity contribution in [3.05, 3.63) is 41.5 Å². The van der Waals surface area contributed by atoms with Gasteiger partial charge >= 0.3 is 0 Å². The zero-order chi connectivity index (χ0) is 18.8. The molecule has 0 aliphatic heterocycles. The lowest BCUT2D eigenvalue weighted by molar-refractivity contribution is 0.0641. The van der Waals surface area contributed by atoms with Crippen LogP contribution in [-0.4, -0.2) is 39.9 Å². The number of ether oxygens (including phenoxy) is 1. The van der Waals surface area contributed by atoms with E-state index in [1.807, 2.05) is 45.1 Å². The van der Waals surface area contributed by atoms with Gasteiger partial charge in [-0.1, -0.05) is 19.3 Å². The number of fused-ring (bicyclic) bond motifs is 1. The number of rotatable bonds is 5. The van der Waals surface area contributed by atoms with Gasteiger partial charge in [0.25, 0.3) is 5.91 Å². The van der Waals surface area contributed by atoms with Crippen LogP contribution in [0, 0.1) is 0 Å². The van der Waals surface area contributed by atoms with E-state index in [9.17, 15) is 4.79 Å². The van der Waals surface area contributed by atoms with Gasteiger partial charge in [0, 0.05) is 29.7 Å². The zero-order valence-electron chi connectivity index (χ0n) is 15.9. The molecule has 0 radical (unpaired) electrons. The molecular formula is C21H25N3O2S. The largest absolute Gasteiger partial charge is 0.497 e. The van der Waals surface area contributed by atoms with Crippen LogP contribution in [0.15, 0.2) is 35.8 Å². The Bertz CT molecular complexity index is 923. The van der Waals surface area contributed by atoms with Crippen LogP contribution in [0.1, 0.15) is 49.5 Å². The maximum absolute atomic E-state index is 13.2. The first-order valence-corrected chi connectivity index (χ1v) is 10.5. The minimum atomic E-state index is 0.120. The Morgan fingerprint density at radius 1 is 1.26 bits per heavy atom. The molecule has 0 unspecified atom stereocenters. The highest BCUT2D eigenvalue weighted by molar-refractivity contribution is 7.15. The second-order valence-electron chi connectivity index (χ2n) is 7.01. The van der Waals surface area contributed by atoms with Gasteiger partial charge in [0.1, 0.15) is 11.4 Å². The third kappa shape index (κ3) is 3.46. The maximum atomic E-state index is 13.2. The average Bonchev–Trinajstić information content (AvgIpc) is 3.30. The summed E-state index contributed by atoms with van der Waals surface area (Å²) in [4.78, 5) is 20.9. The van der Waals surface area contributed by atoms with E-state index in [-0.39, 0.29) is 5.91 Å². The van der Waals surface area contributed by atoms with Crippen LogP contribution in [0.4, 0.5) is 0 Å². The van der Waals surface area contributed by atoms with Crippen LogP contribution in [0.25, 0.3) is 16.2 Å². The van der Waals surface area contributed by atoms with E-state index in [1.165, 1.54) is 30.6 Å². The summed E-state index contributed by atoms with van der Waals surface area (Å²) < 4.78 is 7.16. The third-order valence-electron chi connectivity index (χ3n) is 5.43. The van der Waals surface area contributed by atoms with Gasteiger partial charge in [0.15, 0.2) is 4.96 Å². The smallest absolute Gasteiger partial charge is 0.271 e. The number of imidazole rings is 1. The summed E-state index contributed by atoms with van der Waals surface area (Å²) >= 11 is 1.52. The minimum absolute atomic E-state index is 0.120. The van der Waals surface area contributed by atoms with E-state index in [0.29, 0.717) is 6.04 Å². The van der Waals surface area contributed by atoms with Crippen LogP contribution < -0.4 is 4.74 Å². The second kappa shape index (κ2) is 7.72. The van der Waals surface area contributed by atoms with E-state index in [1.54, 1.807) is 7.11 Å². The van der Waals surface area contributed by atoms with Gasteiger partial charge in [-0.2, -0.15) is 0 Å². The summed E-state index contributed by atoms with van der Waals surface area (Å²) in [5.41, 5.74) is 2.61. The minimum Gasteiger partial charge on any atom is -0.497 e. The fourth-order valence-electron chi connectivity index (χ4n) is 3.95. The van der Waals surface area contributed by atoms with Gasteiger partial charge in [-0.05, 0) is 44.0 Å². The van der Waals surface area contributed by atoms with Crippen LogP contribution in [-0.2, 0) is 0 Å². The van der Waals surface area contributed by atoms with E-state index >= 15 is 0 Å². The number of amides is 1. The number of benzene rings is 1. The molecule has 1 aromatic carbocycles. The third-order valence-corrected chi connectivity index (χ3v) is 6.27. The average molecular weight is 384 g/mol. The Morgan fingerprint density at radius 3 is 2.67 bits per heavy atom. The molecule has 0 bridgehead atoms. The van der Waals surface area contributed by atoms with E-state index in [2.05, 4.69) is 6.92 Å². The highest BCUT2D eigenvalue weighted by Crippen LogP contribution is 2.28. The first kappa shape index (κ1) is 18.0. The van der Waals surface area contributed by atoms with Crippen LogP contribution >= 0.6 is 11.3 Å². The number of methoxy groups -OCH3 is 1. The summed E-state index contributed by atoms with van der Waals surface area (Å²) in [5.74, 6) is 0.941. The van der Waals surface area contributed by atoms with Crippen molar-refractivity contribution in [2.75, 3.05) is 13.7 Å². The number of aromatic nitrogens is 2. The Kier molecular flexibility index (Phi) is 5.16. The van der Waals surface area contributed by atoms with Crippen molar-refractivity contribution < 1.29 is 9.53 Å². The lowest BCUT2D eigenvalue weighted by Gasteiger charge is -2.33. The molecule has 142 valence electrons. The van der Waals surface area contributed by atoms with Gasteiger partial charge in [-0.3, -0.25) is 9.20 Å². The van der Waals surface area contributed by atoms with Crippen LogP contribution in [0.3, 0.4) is 0 Å². The first-order chi connectivity index (χ1) is 13.2. The number of nitrogens with zero attached hydrogens (tertiary/aromatic N) is 3. The van der Waals surface area contributed by atoms with Crippen molar-refractivity contribution in [2.45, 2.75) is 45.1 Å². The van der Waals surface area contributed by atoms with Crippen LogP contribution in [0.5, 0.6) is 5.75 Å². The van der Waals surface area contributed by atoms with E-state index in [0.717, 1.165) is 47.0 Å². The fraction of sp³-hybridized carbons (Fsp3) is 0.429. The molecule has 2 heterocycles. The van der Waals surface area contributed by atoms with Gasteiger partial charge in [-0.15, -0.1) is 11.3 Å². The SMILES string of the molecule is CCN(C(=O)c1csc2nc(-c3ccc(OC)cc3)cn12)C1CCCCC1. The lowest BCUT2D eigenvalue weighted by atomic mass is 9.94. The van der Waals surface area contributed by atoms with Crippen molar-refractivity contribution in [3.63, 3.8) is 0 Å². The number of hydrogen-bond acceptors (Lipinski definition) is 4. The summed E-state index contributed by atoms with van der Waals surface area (Å²) in [7, 11) is 1.66. The monoisotopic (exact) mass is 383 g/mol. The van der Waals surface area contributed by atoms with Gasteiger partial charge in [0.05, 0.1) is 12.8 Å². The van der Waals surface area contributed by atoms with Crippen molar-refractivity contribution in [1.29, 1.82) is 0 Å². The van der Waals surface area contributed by atoms with Crippen molar-refractivity contribution in [1.82, 2.24) is 14.3 Å². The first-order valence-electron chi connectivity index (χ1n) is 9.63. The molecule has 6 heteroatoms. The van der Waals surface area contributed by atoms with Crippen molar-refractivity contribution in [2.24, 2.45) is 0 Å². The van der Waals surface area contributed by atoms with Crippen molar-refractivity contribution >= 4 is 22.2 Å². The molecule has 5 nitrogen and oxygen atoms in total. The topological polar surface area (TPSA) is 46.8 Å². The molecule has 0 spiro atoms. The molecule has 1 aliphatic rings. The van der Waals surface area contributed by atoms with Gasteiger partial charge in [-0.25, -0.2) is 4.98 Å². The number of carbonyl (C=O) groups excluding carboxylic acids is 1. The molecule has 1 amide bonds. The molecule has 3 aromatic rings. The quantitative estimate of drug-likeness (QED) is 0.632. The Labute approximate surface area is 163 Å². The highest BCUT2D eigenvalue weighted by Gasteiger charge is 2.27. The summed E-state index contributed by atoms with van der Waals surface area (Å²) in [6, 6.07) is 8.21. The molecule has 2 aromatic heterocycles. The number of hydrogen-bond donors (Lipinski definition) is 0. The molecule has 0 atom stereocenters. The number of thiazole rings is 1. The predicted molar refractivity (Wildman–Crippen MR) is 109 cm³/mol. The van der Waals surface area contributed by atoms with Crippen LogP contribution in [0.2, 0.25) is 0 Å². The zero-order valence-corrected chi connectivity index (χ0v) is 16.7. The molecule has 1 aliphatic carbocycles. The Hall–Kier alpha value is -2.34. The molecule has 0 N–H and O–H groups in total. The van der Waals surface area contributed by atoms with Gasteiger partial charge < -0.3 is 9.64 Å². The van der Waals surface area contributed by atoms with Gasteiger partial charge in [0.2, 0.25) is 0 Å². The Morgan fingerprint density at radius 2 is 2.00 bits per heavy atom. The fourth-order valence-corrected chi connectivity index (χ4v) is 4.79. The second-order valence-corrected chi connectivity index (χ2v) is 7.85. The molecular weight excluding hydrogens is 358 g/mol. The normalized spacial score (nSPS) is 15.2. The predicted octanol–water partition coefficient (Wildman–Crippen LogP) is 4.87. The Balaban J connectivity index is 1.63. The summed E-state index contributed by atoms with van der Waals surface area (Å²) in [6.07, 6.45) is 7.94. The standard InChI is InChI=1S/C21H25N3O2S/c1-3-23(16-7-5-4-6-8-16)20(25)19-14-27-21-22-18(13-24(19)21)15-9-11-17(26-2)12-10-15/h9-14,16H,3-8H2,1-2H3. The van der Waals surface area contributed by atoms with Crippen molar-refractivity contribution in [3.8, 4) is 17.0 Å². The molecule has 4 rings (SSSR count). The van der Waals surface area contributed by atoms with E-state index < -0.39 is 0 Å². The summed E-state index contributed by atoms with van der Waals surface area (Å²) in [5, 5.41) is 1.94. The van der Waals surface area contributed by atoms with E-state index in [4.69, 9.17) is 9.72 Å². The summed E-state index contributed by atoms with van der Waals surface area (Å²) in [6.45, 7) is 2.83.